The fraction of sp³-hybridized carbons (Fsp3) is 0.357. The molecule has 0 radical (unpaired) electrons. The molecule has 1 aromatic carbocycles. The van der Waals surface area contributed by atoms with Gasteiger partial charge in [-0.1, -0.05) is 11.8 Å². The van der Waals surface area contributed by atoms with Gasteiger partial charge in [0.1, 0.15) is 6.33 Å². The van der Waals surface area contributed by atoms with Crippen molar-refractivity contribution < 1.29 is 22.9 Å². The second kappa shape index (κ2) is 7.72. The highest BCUT2D eigenvalue weighted by Gasteiger charge is 2.35. The quantitative estimate of drug-likeness (QED) is 0.461. The van der Waals surface area contributed by atoms with E-state index >= 15 is 0 Å². The van der Waals surface area contributed by atoms with Crippen LogP contribution in [0.1, 0.15) is 25.5 Å². The minimum absolute atomic E-state index is 0.0575. The molecule has 0 saturated heterocycles. The van der Waals surface area contributed by atoms with Gasteiger partial charge in [-0.15, -0.1) is 10.2 Å². The molecule has 12 heteroatoms. The first kappa shape index (κ1) is 19.7. The molecule has 0 aliphatic heterocycles. The van der Waals surface area contributed by atoms with E-state index in [1.165, 1.54) is 6.33 Å². The highest BCUT2D eigenvalue weighted by molar-refractivity contribution is 7.99. The van der Waals surface area contributed by atoms with Crippen LogP contribution in [0.3, 0.4) is 0 Å². The van der Waals surface area contributed by atoms with Crippen molar-refractivity contribution >= 4 is 29.0 Å². The molecule has 0 spiro atoms. The first-order valence-electron chi connectivity index (χ1n) is 7.27. The Morgan fingerprint density at radius 1 is 1.42 bits per heavy atom. The number of aromatic nitrogens is 3. The van der Waals surface area contributed by atoms with Crippen LogP contribution in [0, 0.1) is 10.1 Å². The zero-order valence-electron chi connectivity index (χ0n) is 13.6. The molecule has 2 rings (SSSR count). The topological polar surface area (TPSA) is 103 Å². The van der Waals surface area contributed by atoms with Crippen LogP contribution in [0.5, 0.6) is 0 Å². The Morgan fingerprint density at radius 2 is 2.12 bits per heavy atom. The van der Waals surface area contributed by atoms with Crippen LogP contribution in [-0.4, -0.2) is 31.3 Å². The van der Waals surface area contributed by atoms with Crippen LogP contribution in [-0.2, 0) is 11.0 Å². The summed E-state index contributed by atoms with van der Waals surface area (Å²) in [5, 5.41) is 20.8. The second-order valence-electron chi connectivity index (χ2n) is 5.44. The van der Waals surface area contributed by atoms with Gasteiger partial charge in [0.25, 0.3) is 5.69 Å². The van der Waals surface area contributed by atoms with Crippen molar-refractivity contribution in [1.29, 1.82) is 0 Å². The van der Waals surface area contributed by atoms with Crippen molar-refractivity contribution in [3.05, 3.63) is 40.2 Å². The van der Waals surface area contributed by atoms with Crippen LogP contribution in [0.4, 0.5) is 24.5 Å². The minimum Gasteiger partial charge on any atom is -0.325 e. The van der Waals surface area contributed by atoms with E-state index < -0.39 is 33.9 Å². The third-order valence-electron chi connectivity index (χ3n) is 3.22. The van der Waals surface area contributed by atoms with Gasteiger partial charge in [0, 0.05) is 18.2 Å². The predicted octanol–water partition coefficient (Wildman–Crippen LogP) is 3.52. The number of nitro benzene ring substituents is 1. The Bertz CT molecular complexity index is 822. The summed E-state index contributed by atoms with van der Waals surface area (Å²) in [6, 6.07) is 2.20. The van der Waals surface area contributed by atoms with E-state index in [9.17, 15) is 28.1 Å². The third-order valence-corrected chi connectivity index (χ3v) is 4.18. The lowest BCUT2D eigenvalue weighted by Crippen LogP contribution is -2.18. The highest BCUT2D eigenvalue weighted by atomic mass is 32.2. The number of hydrogen-bond acceptors (Lipinski definition) is 6. The average Bonchev–Trinajstić information content (AvgIpc) is 3.00. The van der Waals surface area contributed by atoms with Gasteiger partial charge in [-0.2, -0.15) is 13.2 Å². The fourth-order valence-corrected chi connectivity index (χ4v) is 2.84. The molecule has 1 aromatic heterocycles. The molecular weight excluding hydrogens is 375 g/mol. The van der Waals surface area contributed by atoms with Crippen molar-refractivity contribution in [1.82, 2.24) is 14.8 Å². The summed E-state index contributed by atoms with van der Waals surface area (Å²) in [5.41, 5.74) is -2.54. The normalized spacial score (nSPS) is 11.6. The summed E-state index contributed by atoms with van der Waals surface area (Å²) < 4.78 is 41.0. The summed E-state index contributed by atoms with van der Waals surface area (Å²) in [6.07, 6.45) is -3.36. The number of hydrogen-bond donors (Lipinski definition) is 1. The third kappa shape index (κ3) is 4.71. The zero-order valence-corrected chi connectivity index (χ0v) is 14.5. The first-order chi connectivity index (χ1) is 12.1. The number of rotatable bonds is 6. The van der Waals surface area contributed by atoms with E-state index in [1.807, 2.05) is 13.8 Å². The molecule has 1 N–H and O–H groups in total. The number of nitro groups is 1. The standard InChI is InChI=1S/C14H14F3N5O3S/c1-8(2)21-7-18-20-13(21)26-6-12(23)19-11-4-3-9(22(24)25)5-10(11)14(15,16)17/h3-5,7-8H,6H2,1-2H3,(H,19,23). The maximum atomic E-state index is 13.1. The summed E-state index contributed by atoms with van der Waals surface area (Å²) in [6.45, 7) is 3.78. The molecular formula is C14H14F3N5O3S. The number of halogens is 3. The molecule has 140 valence electrons. The van der Waals surface area contributed by atoms with Crippen LogP contribution < -0.4 is 5.32 Å². The number of amides is 1. The van der Waals surface area contributed by atoms with E-state index in [0.717, 1.165) is 23.9 Å². The predicted molar refractivity (Wildman–Crippen MR) is 87.9 cm³/mol. The molecule has 2 aromatic rings. The average molecular weight is 389 g/mol. The summed E-state index contributed by atoms with van der Waals surface area (Å²) in [7, 11) is 0. The number of thioether (sulfide) groups is 1. The number of benzene rings is 1. The number of alkyl halides is 3. The number of carbonyl (C=O) groups excluding carboxylic acids is 1. The molecule has 0 aliphatic rings. The zero-order chi connectivity index (χ0) is 19.5. The van der Waals surface area contributed by atoms with E-state index in [0.29, 0.717) is 11.2 Å². The molecule has 0 bridgehead atoms. The van der Waals surface area contributed by atoms with Gasteiger partial charge >= 0.3 is 6.18 Å². The van der Waals surface area contributed by atoms with Crippen LogP contribution in [0.15, 0.2) is 29.7 Å². The Balaban J connectivity index is 2.13. The monoisotopic (exact) mass is 389 g/mol. The summed E-state index contributed by atoms with van der Waals surface area (Å²) in [4.78, 5) is 21.7. The maximum absolute atomic E-state index is 13.1. The van der Waals surface area contributed by atoms with Gasteiger partial charge in [0.2, 0.25) is 5.91 Å². The van der Waals surface area contributed by atoms with Gasteiger partial charge in [-0.25, -0.2) is 0 Å². The Labute approximate surface area is 149 Å². The first-order valence-corrected chi connectivity index (χ1v) is 8.26. The fourth-order valence-electron chi connectivity index (χ4n) is 2.00. The molecule has 0 aliphatic carbocycles. The highest BCUT2D eigenvalue weighted by Crippen LogP contribution is 2.37. The molecule has 0 fully saturated rings. The number of non-ortho nitro benzene ring substituents is 1. The second-order valence-corrected chi connectivity index (χ2v) is 6.38. The number of nitrogens with zero attached hydrogens (tertiary/aromatic N) is 4. The number of carbonyl (C=O) groups is 1. The van der Waals surface area contributed by atoms with Crippen molar-refractivity contribution in [3.63, 3.8) is 0 Å². The Hall–Kier alpha value is -2.63. The van der Waals surface area contributed by atoms with Gasteiger partial charge in [-0.05, 0) is 19.9 Å². The molecule has 26 heavy (non-hydrogen) atoms. The number of nitrogens with one attached hydrogen (secondary N) is 1. The SMILES string of the molecule is CC(C)n1cnnc1SCC(=O)Nc1ccc([N+](=O)[O-])cc1C(F)(F)F. The van der Waals surface area contributed by atoms with E-state index in [-0.39, 0.29) is 11.8 Å². The Kier molecular flexibility index (Phi) is 5.85. The molecule has 8 nitrogen and oxygen atoms in total. The lowest BCUT2D eigenvalue weighted by Gasteiger charge is -2.14. The summed E-state index contributed by atoms with van der Waals surface area (Å²) in [5.74, 6) is -0.896. The molecule has 0 unspecified atom stereocenters. The van der Waals surface area contributed by atoms with Crippen LogP contribution >= 0.6 is 11.8 Å². The van der Waals surface area contributed by atoms with Crippen molar-refractivity contribution in [2.24, 2.45) is 0 Å². The van der Waals surface area contributed by atoms with Gasteiger partial charge in [-0.3, -0.25) is 14.9 Å². The Morgan fingerprint density at radius 3 is 2.69 bits per heavy atom. The van der Waals surface area contributed by atoms with Gasteiger partial charge in [0.15, 0.2) is 5.16 Å². The molecule has 1 heterocycles. The van der Waals surface area contributed by atoms with Crippen LogP contribution in [0.2, 0.25) is 0 Å². The molecule has 1 amide bonds. The van der Waals surface area contributed by atoms with Crippen LogP contribution in [0.25, 0.3) is 0 Å². The minimum atomic E-state index is -4.85. The van der Waals surface area contributed by atoms with Crippen molar-refractivity contribution in [2.45, 2.75) is 31.2 Å². The van der Waals surface area contributed by atoms with E-state index in [2.05, 4.69) is 15.5 Å². The largest absolute Gasteiger partial charge is 0.418 e. The van der Waals surface area contributed by atoms with E-state index in [4.69, 9.17) is 0 Å². The summed E-state index contributed by atoms with van der Waals surface area (Å²) >= 11 is 1.02. The smallest absolute Gasteiger partial charge is 0.325 e. The van der Waals surface area contributed by atoms with Crippen molar-refractivity contribution in [3.8, 4) is 0 Å². The number of anilines is 1. The lowest BCUT2D eigenvalue weighted by atomic mass is 10.1. The van der Waals surface area contributed by atoms with Crippen molar-refractivity contribution in [2.75, 3.05) is 11.1 Å². The lowest BCUT2D eigenvalue weighted by molar-refractivity contribution is -0.385. The molecule has 0 saturated carbocycles. The van der Waals surface area contributed by atoms with E-state index in [1.54, 1.807) is 4.57 Å². The molecule has 0 atom stereocenters. The van der Waals surface area contributed by atoms with Gasteiger partial charge < -0.3 is 9.88 Å². The van der Waals surface area contributed by atoms with Gasteiger partial charge in [0.05, 0.1) is 21.9 Å². The maximum Gasteiger partial charge on any atom is 0.418 e.